The first kappa shape index (κ1) is 9.06. The van der Waals surface area contributed by atoms with Gasteiger partial charge in [0.05, 0.1) is 6.61 Å². The first-order valence-corrected chi connectivity index (χ1v) is 4.02. The Labute approximate surface area is 71.1 Å². The highest BCUT2D eigenvalue weighted by Crippen LogP contribution is 2.26. The van der Waals surface area contributed by atoms with Crippen molar-refractivity contribution in [1.82, 2.24) is 4.90 Å². The molecule has 1 aliphatic carbocycles. The summed E-state index contributed by atoms with van der Waals surface area (Å²) in [7, 11) is 0. The largest absolute Gasteiger partial charge is 0.478 e. The molecule has 0 heterocycles. The van der Waals surface area contributed by atoms with Crippen LogP contribution in [0.2, 0.25) is 0 Å². The van der Waals surface area contributed by atoms with Crippen molar-refractivity contribution in [3.05, 3.63) is 12.3 Å². The van der Waals surface area contributed by atoms with Gasteiger partial charge in [-0.3, -0.25) is 0 Å². The van der Waals surface area contributed by atoms with Crippen LogP contribution in [0.3, 0.4) is 0 Å². The zero-order chi connectivity index (χ0) is 8.97. The maximum Gasteiger partial charge on any atom is 0.329 e. The Morgan fingerprint density at radius 1 is 1.58 bits per heavy atom. The second kappa shape index (κ2) is 4.11. The van der Waals surface area contributed by atoms with E-state index in [9.17, 15) is 4.79 Å². The van der Waals surface area contributed by atoms with E-state index in [4.69, 9.17) is 10.2 Å². The van der Waals surface area contributed by atoms with E-state index in [2.05, 4.69) is 0 Å². The summed E-state index contributed by atoms with van der Waals surface area (Å²) in [6.45, 7) is 0.592. The normalized spacial score (nSPS) is 16.8. The van der Waals surface area contributed by atoms with E-state index in [1.54, 1.807) is 0 Å². The highest BCUT2D eigenvalue weighted by atomic mass is 16.4. The molecular formula is C8H13NO3. The highest BCUT2D eigenvalue weighted by Gasteiger charge is 2.26. The number of nitrogens with zero attached hydrogens (tertiary/aromatic N) is 1. The fraction of sp³-hybridized carbons (Fsp3) is 0.625. The van der Waals surface area contributed by atoms with E-state index in [0.717, 1.165) is 18.9 Å². The molecule has 0 atom stereocenters. The highest BCUT2D eigenvalue weighted by molar-refractivity contribution is 5.79. The Morgan fingerprint density at radius 2 is 2.25 bits per heavy atom. The molecule has 2 N–H and O–H groups in total. The summed E-state index contributed by atoms with van der Waals surface area (Å²) in [5.41, 5.74) is 0. The molecular weight excluding hydrogens is 158 g/mol. The summed E-state index contributed by atoms with van der Waals surface area (Å²) in [5.74, 6) is -0.946. The molecule has 0 aliphatic heterocycles. The lowest BCUT2D eigenvalue weighted by Crippen LogP contribution is -2.23. The standard InChI is InChI=1S/C8H13NO3/c10-6-5-9(7-1-2-7)4-3-8(11)12/h3-4,7,10H,1-2,5-6H2,(H,11,12). The molecule has 0 radical (unpaired) electrons. The summed E-state index contributed by atoms with van der Waals surface area (Å²) >= 11 is 0. The Morgan fingerprint density at radius 3 is 2.67 bits per heavy atom. The number of aliphatic carboxylic acids is 1. The lowest BCUT2D eigenvalue weighted by Gasteiger charge is -2.17. The van der Waals surface area contributed by atoms with Gasteiger partial charge in [-0.1, -0.05) is 0 Å². The maximum atomic E-state index is 10.2. The maximum absolute atomic E-state index is 10.2. The van der Waals surface area contributed by atoms with Crippen LogP contribution in [0.5, 0.6) is 0 Å². The molecule has 0 unspecified atom stereocenters. The molecule has 0 bridgehead atoms. The number of aliphatic hydroxyl groups excluding tert-OH is 1. The Kier molecular flexibility index (Phi) is 3.10. The van der Waals surface area contributed by atoms with Gasteiger partial charge in [0.1, 0.15) is 0 Å². The third-order valence-electron chi connectivity index (χ3n) is 1.78. The van der Waals surface area contributed by atoms with Crippen molar-refractivity contribution >= 4 is 5.97 Å². The molecule has 12 heavy (non-hydrogen) atoms. The van der Waals surface area contributed by atoms with Gasteiger partial charge in [0.15, 0.2) is 0 Å². The Balaban J connectivity index is 2.36. The predicted molar refractivity (Wildman–Crippen MR) is 43.6 cm³/mol. The van der Waals surface area contributed by atoms with Gasteiger partial charge in [-0.25, -0.2) is 4.79 Å². The monoisotopic (exact) mass is 171 g/mol. The first-order chi connectivity index (χ1) is 5.74. The van der Waals surface area contributed by atoms with Crippen LogP contribution >= 0.6 is 0 Å². The molecule has 1 fully saturated rings. The van der Waals surface area contributed by atoms with Gasteiger partial charge < -0.3 is 15.1 Å². The van der Waals surface area contributed by atoms with E-state index < -0.39 is 5.97 Å². The number of hydrogen-bond acceptors (Lipinski definition) is 3. The number of aliphatic hydroxyl groups is 1. The quantitative estimate of drug-likeness (QED) is 0.573. The zero-order valence-electron chi connectivity index (χ0n) is 6.81. The molecule has 4 nitrogen and oxygen atoms in total. The van der Waals surface area contributed by atoms with Crippen LogP contribution in [0.25, 0.3) is 0 Å². The Hall–Kier alpha value is -1.03. The number of rotatable bonds is 5. The average Bonchev–Trinajstić information content (AvgIpc) is 2.79. The zero-order valence-corrected chi connectivity index (χ0v) is 6.81. The molecule has 1 aliphatic rings. The van der Waals surface area contributed by atoms with Crippen molar-refractivity contribution in [2.45, 2.75) is 18.9 Å². The van der Waals surface area contributed by atoms with Gasteiger partial charge >= 0.3 is 5.97 Å². The van der Waals surface area contributed by atoms with E-state index in [0.29, 0.717) is 12.6 Å². The number of carboxylic acid groups (broad SMARTS) is 1. The van der Waals surface area contributed by atoms with Crippen molar-refractivity contribution in [2.24, 2.45) is 0 Å². The fourth-order valence-corrected chi connectivity index (χ4v) is 1.06. The molecule has 0 aromatic carbocycles. The number of carbonyl (C=O) groups is 1. The summed E-state index contributed by atoms with van der Waals surface area (Å²) in [6.07, 6.45) is 4.85. The van der Waals surface area contributed by atoms with Gasteiger partial charge in [0, 0.05) is 24.9 Å². The lowest BCUT2D eigenvalue weighted by atomic mass is 10.5. The SMILES string of the molecule is O=C(O)C=CN(CCO)C1CC1. The van der Waals surface area contributed by atoms with E-state index in [-0.39, 0.29) is 6.61 Å². The average molecular weight is 171 g/mol. The summed E-state index contributed by atoms with van der Waals surface area (Å²) in [5, 5.41) is 17.0. The van der Waals surface area contributed by atoms with E-state index in [1.165, 1.54) is 6.20 Å². The minimum absolute atomic E-state index is 0.0699. The second-order valence-corrected chi connectivity index (χ2v) is 2.85. The molecule has 0 aromatic rings. The number of hydrogen-bond donors (Lipinski definition) is 2. The van der Waals surface area contributed by atoms with Crippen molar-refractivity contribution in [3.63, 3.8) is 0 Å². The van der Waals surface area contributed by atoms with Crippen LogP contribution in [-0.4, -0.2) is 40.3 Å². The minimum atomic E-state index is -0.946. The second-order valence-electron chi connectivity index (χ2n) is 2.85. The first-order valence-electron chi connectivity index (χ1n) is 4.02. The third kappa shape index (κ3) is 2.92. The molecule has 4 heteroatoms. The molecule has 68 valence electrons. The molecule has 0 amide bonds. The fourth-order valence-electron chi connectivity index (χ4n) is 1.06. The molecule has 0 aromatic heterocycles. The Bertz CT molecular complexity index is 187. The lowest BCUT2D eigenvalue weighted by molar-refractivity contribution is -0.131. The molecule has 0 saturated heterocycles. The predicted octanol–water partition coefficient (Wildman–Crippen LogP) is 0.0414. The van der Waals surface area contributed by atoms with Crippen LogP contribution in [0.1, 0.15) is 12.8 Å². The van der Waals surface area contributed by atoms with E-state index in [1.807, 2.05) is 4.90 Å². The van der Waals surface area contributed by atoms with Crippen LogP contribution in [-0.2, 0) is 4.79 Å². The van der Waals surface area contributed by atoms with Crippen LogP contribution < -0.4 is 0 Å². The van der Waals surface area contributed by atoms with Gasteiger partial charge in [-0.05, 0) is 12.8 Å². The van der Waals surface area contributed by atoms with Crippen molar-refractivity contribution in [1.29, 1.82) is 0 Å². The summed E-state index contributed by atoms with van der Waals surface area (Å²) < 4.78 is 0. The molecule has 1 saturated carbocycles. The van der Waals surface area contributed by atoms with Crippen LogP contribution in [0.15, 0.2) is 12.3 Å². The van der Waals surface area contributed by atoms with Crippen LogP contribution in [0, 0.1) is 0 Å². The summed E-state index contributed by atoms with van der Waals surface area (Å²) in [6, 6.07) is 0.452. The molecule has 0 spiro atoms. The smallest absolute Gasteiger partial charge is 0.329 e. The van der Waals surface area contributed by atoms with Crippen molar-refractivity contribution in [3.8, 4) is 0 Å². The van der Waals surface area contributed by atoms with Gasteiger partial charge in [0.2, 0.25) is 0 Å². The number of carboxylic acids is 1. The summed E-state index contributed by atoms with van der Waals surface area (Å²) in [4.78, 5) is 12.0. The van der Waals surface area contributed by atoms with Crippen molar-refractivity contribution in [2.75, 3.05) is 13.2 Å². The van der Waals surface area contributed by atoms with Crippen LogP contribution in [0.4, 0.5) is 0 Å². The third-order valence-corrected chi connectivity index (χ3v) is 1.78. The van der Waals surface area contributed by atoms with Gasteiger partial charge in [0.25, 0.3) is 0 Å². The van der Waals surface area contributed by atoms with Crippen molar-refractivity contribution < 1.29 is 15.0 Å². The van der Waals surface area contributed by atoms with Gasteiger partial charge in [-0.15, -0.1) is 0 Å². The topological polar surface area (TPSA) is 60.8 Å². The van der Waals surface area contributed by atoms with E-state index >= 15 is 0 Å². The molecule has 1 rings (SSSR count). The van der Waals surface area contributed by atoms with Gasteiger partial charge in [-0.2, -0.15) is 0 Å². The minimum Gasteiger partial charge on any atom is -0.478 e.